The quantitative estimate of drug-likeness (QED) is 0.617. The molecule has 0 atom stereocenters. The van der Waals surface area contributed by atoms with Crippen molar-refractivity contribution in [3.8, 4) is 0 Å². The van der Waals surface area contributed by atoms with E-state index in [-0.39, 0.29) is 16.6 Å². The van der Waals surface area contributed by atoms with E-state index < -0.39 is 0 Å². The van der Waals surface area contributed by atoms with Crippen LogP contribution in [0.1, 0.15) is 1.43 Å². The van der Waals surface area contributed by atoms with Crippen LogP contribution in [-0.4, -0.2) is 15.2 Å². The van der Waals surface area contributed by atoms with E-state index >= 15 is 0 Å². The Labute approximate surface area is 86.4 Å². The van der Waals surface area contributed by atoms with Crippen molar-refractivity contribution in [3.05, 3.63) is 60.7 Å². The average Bonchev–Trinajstić information content (AvgIpc) is 2.21. The molecule has 0 aliphatic carbocycles. The molecule has 0 saturated heterocycles. The monoisotopic (exact) mass is 182 g/mol. The third-order valence-corrected chi connectivity index (χ3v) is 3.37. The molecular formula is C12H11Al. The molecule has 1 heteroatoms. The number of benzene rings is 2. The summed E-state index contributed by atoms with van der Waals surface area (Å²) >= 11 is 0.271. The number of rotatable bonds is 2. The molecule has 0 heterocycles. The summed E-state index contributed by atoms with van der Waals surface area (Å²) in [6.45, 7) is 0. The van der Waals surface area contributed by atoms with Crippen LogP contribution in [0, 0.1) is 0 Å². The van der Waals surface area contributed by atoms with E-state index in [9.17, 15) is 0 Å². The molecule has 0 amide bonds. The van der Waals surface area contributed by atoms with E-state index in [1.54, 1.807) is 0 Å². The Balaban J connectivity index is 0.000000980. The van der Waals surface area contributed by atoms with Crippen LogP contribution in [0.5, 0.6) is 0 Å². The Morgan fingerprint density at radius 3 is 1.38 bits per heavy atom. The van der Waals surface area contributed by atoms with Crippen molar-refractivity contribution in [2.24, 2.45) is 0 Å². The Kier molecular flexibility index (Phi) is 2.82. The summed E-state index contributed by atoms with van der Waals surface area (Å²) in [4.78, 5) is 0. The van der Waals surface area contributed by atoms with Crippen molar-refractivity contribution >= 4 is 24.1 Å². The summed E-state index contributed by atoms with van der Waals surface area (Å²) in [6, 6.07) is 21.3. The van der Waals surface area contributed by atoms with Gasteiger partial charge in [-0.15, -0.1) is 0 Å². The van der Waals surface area contributed by atoms with Crippen LogP contribution in [0.2, 0.25) is 0 Å². The van der Waals surface area contributed by atoms with Gasteiger partial charge in [0.1, 0.15) is 0 Å². The minimum absolute atomic E-state index is 0. The topological polar surface area (TPSA) is 0 Å². The van der Waals surface area contributed by atoms with Crippen LogP contribution < -0.4 is 8.85 Å². The van der Waals surface area contributed by atoms with Gasteiger partial charge in [-0.1, -0.05) is 0 Å². The molecule has 0 aromatic heterocycles. The maximum atomic E-state index is 2.20. The molecular weight excluding hydrogens is 171 g/mol. The first-order valence-corrected chi connectivity index (χ1v) is 5.55. The summed E-state index contributed by atoms with van der Waals surface area (Å²) in [7, 11) is 0. The molecule has 0 aliphatic heterocycles. The van der Waals surface area contributed by atoms with E-state index in [2.05, 4.69) is 60.7 Å². The van der Waals surface area contributed by atoms with Crippen LogP contribution >= 0.6 is 0 Å². The van der Waals surface area contributed by atoms with Gasteiger partial charge in [0.25, 0.3) is 0 Å². The van der Waals surface area contributed by atoms with Gasteiger partial charge < -0.3 is 1.43 Å². The van der Waals surface area contributed by atoms with E-state index in [1.165, 1.54) is 8.85 Å². The molecule has 2 aromatic rings. The fourth-order valence-electron chi connectivity index (χ4n) is 1.29. The van der Waals surface area contributed by atoms with Gasteiger partial charge in [0.2, 0.25) is 0 Å². The second-order valence-corrected chi connectivity index (χ2v) is 4.59. The van der Waals surface area contributed by atoms with Crippen molar-refractivity contribution in [1.29, 1.82) is 0 Å². The zero-order valence-corrected chi connectivity index (χ0v) is 8.51. The van der Waals surface area contributed by atoms with Gasteiger partial charge >= 0.3 is 84.7 Å². The van der Waals surface area contributed by atoms with Gasteiger partial charge in [0, 0.05) is 0 Å². The molecule has 2 rings (SSSR count). The van der Waals surface area contributed by atoms with E-state index in [1.807, 2.05) is 0 Å². The first-order valence-electron chi connectivity index (χ1n) is 4.40. The number of hydrogen-bond acceptors (Lipinski definition) is 0. The standard InChI is InChI=1S/2C6H5.Al.H/c2*1-2-4-6-5-3-1;;/h2*1-5H;;/q;;+1;-1. The zero-order valence-electron chi connectivity index (χ0n) is 8.35. The van der Waals surface area contributed by atoms with Crippen molar-refractivity contribution in [3.63, 3.8) is 0 Å². The first-order chi connectivity index (χ1) is 6.45. The first kappa shape index (κ1) is 8.57. The van der Waals surface area contributed by atoms with Gasteiger partial charge in [-0.25, -0.2) is 0 Å². The Hall–Kier alpha value is -1.03. The van der Waals surface area contributed by atoms with Gasteiger partial charge in [-0.2, -0.15) is 0 Å². The molecule has 0 unspecified atom stereocenters. The van der Waals surface area contributed by atoms with Crippen molar-refractivity contribution < 1.29 is 1.43 Å². The van der Waals surface area contributed by atoms with Crippen LogP contribution in [0.25, 0.3) is 0 Å². The van der Waals surface area contributed by atoms with Crippen LogP contribution in [0.15, 0.2) is 60.7 Å². The summed E-state index contributed by atoms with van der Waals surface area (Å²) in [5, 5.41) is 0. The van der Waals surface area contributed by atoms with Gasteiger partial charge in [-0.05, 0) is 0 Å². The molecule has 0 nitrogen and oxygen atoms in total. The summed E-state index contributed by atoms with van der Waals surface area (Å²) in [5.74, 6) is 0. The van der Waals surface area contributed by atoms with Crippen LogP contribution in [0.4, 0.5) is 0 Å². The molecule has 0 bridgehead atoms. The third kappa shape index (κ3) is 2.45. The Morgan fingerprint density at radius 1 is 0.615 bits per heavy atom. The van der Waals surface area contributed by atoms with Gasteiger partial charge in [-0.3, -0.25) is 0 Å². The molecule has 0 fully saturated rings. The maximum absolute atomic E-state index is 2.20. The SMILES string of the molecule is [H-].c1cc[c]([Al+][c]2ccccc2)cc1. The summed E-state index contributed by atoms with van der Waals surface area (Å²) in [5.41, 5.74) is 0. The average molecular weight is 182 g/mol. The second-order valence-electron chi connectivity index (χ2n) is 2.97. The fourth-order valence-corrected chi connectivity index (χ4v) is 2.51. The number of hydrogen-bond donors (Lipinski definition) is 0. The second kappa shape index (κ2) is 4.28. The molecule has 0 radical (unpaired) electrons. The molecule has 0 aliphatic rings. The van der Waals surface area contributed by atoms with Crippen molar-refractivity contribution in [1.82, 2.24) is 0 Å². The predicted octanol–water partition coefficient (Wildman–Crippen LogP) is 1.45. The van der Waals surface area contributed by atoms with Crippen molar-refractivity contribution in [2.45, 2.75) is 0 Å². The molecule has 62 valence electrons. The van der Waals surface area contributed by atoms with Crippen molar-refractivity contribution in [2.75, 3.05) is 0 Å². The van der Waals surface area contributed by atoms with Crippen LogP contribution in [-0.2, 0) is 0 Å². The van der Waals surface area contributed by atoms with Gasteiger partial charge in [0.05, 0.1) is 0 Å². The fraction of sp³-hybridized carbons (Fsp3) is 0. The molecule has 13 heavy (non-hydrogen) atoms. The Morgan fingerprint density at radius 2 is 1.00 bits per heavy atom. The van der Waals surface area contributed by atoms with E-state index in [0.29, 0.717) is 0 Å². The summed E-state index contributed by atoms with van der Waals surface area (Å²) < 4.78 is 2.90. The third-order valence-electron chi connectivity index (χ3n) is 1.93. The normalized spacial score (nSPS) is 9.23. The molecule has 0 N–H and O–H groups in total. The molecule has 2 aromatic carbocycles. The Bertz CT molecular complexity index is 321. The predicted molar refractivity (Wildman–Crippen MR) is 59.0 cm³/mol. The van der Waals surface area contributed by atoms with E-state index in [0.717, 1.165) is 0 Å². The minimum atomic E-state index is 0. The van der Waals surface area contributed by atoms with Gasteiger partial charge in [0.15, 0.2) is 0 Å². The van der Waals surface area contributed by atoms with E-state index in [4.69, 9.17) is 0 Å². The van der Waals surface area contributed by atoms with Crippen LogP contribution in [0.3, 0.4) is 0 Å². The molecule has 0 spiro atoms. The molecule has 0 saturated carbocycles. The summed E-state index contributed by atoms with van der Waals surface area (Å²) in [6.07, 6.45) is 0. The zero-order chi connectivity index (χ0) is 8.93.